The zero-order valence-corrected chi connectivity index (χ0v) is 15.9. The summed E-state index contributed by atoms with van der Waals surface area (Å²) in [6.07, 6.45) is 0.00384. The van der Waals surface area contributed by atoms with Gasteiger partial charge in [-0.1, -0.05) is 24.3 Å². The van der Waals surface area contributed by atoms with Crippen molar-refractivity contribution in [2.45, 2.75) is 64.3 Å². The summed E-state index contributed by atoms with van der Waals surface area (Å²) in [6, 6.07) is 8.36. The highest BCUT2D eigenvalue weighted by Crippen LogP contribution is 2.41. The maximum Gasteiger partial charge on any atom is 0.408 e. The molecule has 0 unspecified atom stereocenters. The molecule has 1 aromatic rings. The van der Waals surface area contributed by atoms with Gasteiger partial charge in [-0.25, -0.2) is 4.79 Å². The molecular weight excluding hydrogens is 316 g/mol. The smallest absolute Gasteiger partial charge is 0.408 e. The molecule has 138 valence electrons. The molecule has 0 aromatic heterocycles. The van der Waals surface area contributed by atoms with Gasteiger partial charge in [0.2, 0.25) is 0 Å². The van der Waals surface area contributed by atoms with Gasteiger partial charge in [0.25, 0.3) is 0 Å². The second kappa shape index (κ2) is 6.29. The molecule has 1 heterocycles. The average molecular weight is 346 g/mol. The fraction of sp³-hybridized carbons (Fsp3) is 0.650. The van der Waals surface area contributed by atoms with Crippen LogP contribution in [-0.2, 0) is 11.2 Å². The van der Waals surface area contributed by atoms with Crippen molar-refractivity contribution in [3.05, 3.63) is 35.4 Å². The quantitative estimate of drug-likeness (QED) is 0.883. The van der Waals surface area contributed by atoms with Crippen molar-refractivity contribution < 1.29 is 14.6 Å². The third-order valence-electron chi connectivity index (χ3n) is 5.31. The van der Waals surface area contributed by atoms with Gasteiger partial charge in [-0.05, 0) is 45.7 Å². The summed E-state index contributed by atoms with van der Waals surface area (Å²) in [4.78, 5) is 14.4. The van der Waals surface area contributed by atoms with Crippen molar-refractivity contribution >= 4 is 6.09 Å². The van der Waals surface area contributed by atoms with Gasteiger partial charge in [-0.15, -0.1) is 0 Å². The van der Waals surface area contributed by atoms with Crippen LogP contribution in [0.4, 0.5) is 4.79 Å². The lowest BCUT2D eigenvalue weighted by Crippen LogP contribution is -2.63. The fourth-order valence-corrected chi connectivity index (χ4v) is 3.86. The Labute approximate surface area is 150 Å². The first kappa shape index (κ1) is 18.2. The number of ether oxygens (including phenoxy) is 1. The van der Waals surface area contributed by atoms with Gasteiger partial charge in [0.15, 0.2) is 0 Å². The molecule has 0 bridgehead atoms. The van der Waals surface area contributed by atoms with Crippen molar-refractivity contribution in [3.63, 3.8) is 0 Å². The molecule has 3 rings (SSSR count). The number of carbonyl (C=O) groups is 1. The predicted molar refractivity (Wildman–Crippen MR) is 97.4 cm³/mol. The Morgan fingerprint density at radius 3 is 2.48 bits per heavy atom. The van der Waals surface area contributed by atoms with E-state index >= 15 is 0 Å². The number of likely N-dealkylation sites (tertiary alicyclic amines) is 1. The number of aliphatic hydroxyl groups is 1. The number of alkyl carbamates (subject to hydrolysis) is 1. The van der Waals surface area contributed by atoms with Crippen molar-refractivity contribution in [1.29, 1.82) is 0 Å². The Morgan fingerprint density at radius 1 is 1.20 bits per heavy atom. The minimum atomic E-state index is -0.497. The van der Waals surface area contributed by atoms with E-state index in [1.165, 1.54) is 11.1 Å². The van der Waals surface area contributed by atoms with Crippen LogP contribution >= 0.6 is 0 Å². The molecule has 5 nitrogen and oxygen atoms in total. The zero-order valence-electron chi connectivity index (χ0n) is 15.9. The normalized spacial score (nSPS) is 24.6. The number of carbonyl (C=O) groups excluding carboxylic acids is 1. The highest BCUT2D eigenvalue weighted by atomic mass is 16.6. The number of rotatable bonds is 3. The molecule has 2 atom stereocenters. The fourth-order valence-electron chi connectivity index (χ4n) is 3.86. The number of benzene rings is 1. The Kier molecular flexibility index (Phi) is 4.58. The maximum atomic E-state index is 12.1. The SMILES string of the molecule is CC(C)(C)OC(=O)NC(C)(C)C1CN([C@H]2c3ccccc3C[C@@H]2O)C1. The van der Waals surface area contributed by atoms with Crippen LogP contribution in [0.2, 0.25) is 0 Å². The van der Waals surface area contributed by atoms with Gasteiger partial charge in [0, 0.05) is 31.0 Å². The molecule has 0 saturated carbocycles. The summed E-state index contributed by atoms with van der Waals surface area (Å²) in [5.74, 6) is 0.333. The second-order valence-corrected chi connectivity index (χ2v) is 8.91. The largest absolute Gasteiger partial charge is 0.444 e. The van der Waals surface area contributed by atoms with Gasteiger partial charge >= 0.3 is 6.09 Å². The van der Waals surface area contributed by atoms with Crippen LogP contribution in [0.15, 0.2) is 24.3 Å². The van der Waals surface area contributed by atoms with E-state index in [1.807, 2.05) is 46.8 Å². The third-order valence-corrected chi connectivity index (χ3v) is 5.31. The first-order valence-electron chi connectivity index (χ1n) is 9.08. The number of amides is 1. The van der Waals surface area contributed by atoms with Crippen LogP contribution in [0.5, 0.6) is 0 Å². The van der Waals surface area contributed by atoms with Gasteiger partial charge in [0.05, 0.1) is 12.1 Å². The zero-order chi connectivity index (χ0) is 18.4. The molecule has 2 N–H and O–H groups in total. The van der Waals surface area contributed by atoms with Gasteiger partial charge in [-0.2, -0.15) is 0 Å². The van der Waals surface area contributed by atoms with E-state index in [9.17, 15) is 9.90 Å². The lowest BCUT2D eigenvalue weighted by molar-refractivity contribution is -0.0384. The Balaban J connectivity index is 1.59. The lowest BCUT2D eigenvalue weighted by Gasteiger charge is -2.50. The van der Waals surface area contributed by atoms with E-state index in [0.29, 0.717) is 5.92 Å². The third kappa shape index (κ3) is 3.82. The summed E-state index contributed by atoms with van der Waals surface area (Å²) in [5.41, 5.74) is 1.65. The van der Waals surface area contributed by atoms with E-state index < -0.39 is 5.60 Å². The second-order valence-electron chi connectivity index (χ2n) is 8.91. The van der Waals surface area contributed by atoms with E-state index in [-0.39, 0.29) is 23.8 Å². The van der Waals surface area contributed by atoms with Crippen molar-refractivity contribution in [2.75, 3.05) is 13.1 Å². The van der Waals surface area contributed by atoms with E-state index in [2.05, 4.69) is 22.3 Å². The minimum Gasteiger partial charge on any atom is -0.444 e. The molecule has 25 heavy (non-hydrogen) atoms. The number of nitrogens with zero attached hydrogens (tertiary/aromatic N) is 1. The van der Waals surface area contributed by atoms with Crippen molar-refractivity contribution in [2.24, 2.45) is 5.92 Å². The summed E-state index contributed by atoms with van der Waals surface area (Å²) in [6.45, 7) is 11.4. The summed E-state index contributed by atoms with van der Waals surface area (Å²) >= 11 is 0. The Hall–Kier alpha value is -1.59. The number of hydrogen-bond acceptors (Lipinski definition) is 4. The molecule has 1 saturated heterocycles. The van der Waals surface area contributed by atoms with Gasteiger partial charge < -0.3 is 15.2 Å². The molecule has 2 aliphatic rings. The minimum absolute atomic E-state index is 0.0739. The maximum absolute atomic E-state index is 12.1. The first-order chi connectivity index (χ1) is 11.6. The van der Waals surface area contributed by atoms with Crippen molar-refractivity contribution in [3.8, 4) is 0 Å². The number of hydrogen-bond donors (Lipinski definition) is 2. The average Bonchev–Trinajstić information content (AvgIpc) is 2.70. The first-order valence-corrected chi connectivity index (χ1v) is 9.08. The predicted octanol–water partition coefficient (Wildman–Crippen LogP) is 2.88. The van der Waals surface area contributed by atoms with Crippen LogP contribution in [0.3, 0.4) is 0 Å². The van der Waals surface area contributed by atoms with E-state index in [1.54, 1.807) is 0 Å². The highest BCUT2D eigenvalue weighted by Gasteiger charge is 2.46. The molecule has 5 heteroatoms. The number of nitrogens with one attached hydrogen (secondary N) is 1. The summed E-state index contributed by atoms with van der Waals surface area (Å²) in [7, 11) is 0. The van der Waals surface area contributed by atoms with Gasteiger partial charge in [0.1, 0.15) is 5.60 Å². The van der Waals surface area contributed by atoms with E-state index in [4.69, 9.17) is 4.74 Å². The Bertz CT molecular complexity index is 645. The monoisotopic (exact) mass is 346 g/mol. The van der Waals surface area contributed by atoms with Crippen LogP contribution in [0.25, 0.3) is 0 Å². The molecule has 1 amide bonds. The molecule has 0 radical (unpaired) electrons. The van der Waals surface area contributed by atoms with Crippen LogP contribution in [0.1, 0.15) is 51.8 Å². The summed E-state index contributed by atoms with van der Waals surface area (Å²) in [5, 5.41) is 13.5. The van der Waals surface area contributed by atoms with Crippen LogP contribution in [-0.4, -0.2) is 46.4 Å². The van der Waals surface area contributed by atoms with Crippen LogP contribution < -0.4 is 5.32 Å². The number of fused-ring (bicyclic) bond motifs is 1. The molecule has 1 aromatic carbocycles. The topological polar surface area (TPSA) is 61.8 Å². The molecule has 0 spiro atoms. The highest BCUT2D eigenvalue weighted by molar-refractivity contribution is 5.68. The molecule has 1 fully saturated rings. The van der Waals surface area contributed by atoms with Gasteiger partial charge in [-0.3, -0.25) is 4.90 Å². The Morgan fingerprint density at radius 2 is 1.84 bits per heavy atom. The molecule has 1 aliphatic carbocycles. The molecular formula is C20H30N2O3. The molecule has 1 aliphatic heterocycles. The van der Waals surface area contributed by atoms with E-state index in [0.717, 1.165) is 19.5 Å². The van der Waals surface area contributed by atoms with Crippen molar-refractivity contribution in [1.82, 2.24) is 10.2 Å². The lowest BCUT2D eigenvalue weighted by atomic mass is 9.80. The van der Waals surface area contributed by atoms with Crippen LogP contribution in [0, 0.1) is 5.92 Å². The number of aliphatic hydroxyl groups excluding tert-OH is 1. The summed E-state index contributed by atoms with van der Waals surface area (Å²) < 4.78 is 5.38. The standard InChI is InChI=1S/C20H30N2O3/c1-19(2,3)25-18(24)21-20(4,5)14-11-22(12-14)17-15-9-7-6-8-13(15)10-16(17)23/h6-9,14,16-17,23H,10-12H2,1-5H3,(H,21,24)/t16-,17-/m0/s1.